The smallest absolute Gasteiger partial charge is 0.262 e. The van der Waals surface area contributed by atoms with Gasteiger partial charge in [-0.2, -0.15) is 0 Å². The predicted octanol–water partition coefficient (Wildman–Crippen LogP) is 6.90. The molecule has 0 fully saturated rings. The van der Waals surface area contributed by atoms with E-state index in [9.17, 15) is 9.90 Å². The van der Waals surface area contributed by atoms with E-state index in [2.05, 4.69) is 0 Å². The molecule has 4 rings (SSSR count). The standard InChI is InChI=1S/C22H19NO2S.C2H6.CH3.Y/c1-3-23-17-13-18(15-10-5-4-6-11-15)26-21(17)20(24)19(22(23)25)16-12-8-7-9-14(16)2;1-2;;/h4-13,24H,3H2,1-2H3;1-2H3;1H3;/q;;-1;. The molecule has 0 bridgehead atoms. The zero-order valence-corrected chi connectivity index (χ0v) is 21.9. The van der Waals surface area contributed by atoms with E-state index in [0.29, 0.717) is 12.1 Å². The van der Waals surface area contributed by atoms with Crippen molar-refractivity contribution >= 4 is 21.6 Å². The third-order valence-electron chi connectivity index (χ3n) is 4.70. The molecule has 2 aromatic carbocycles. The summed E-state index contributed by atoms with van der Waals surface area (Å²) in [6.07, 6.45) is 0. The summed E-state index contributed by atoms with van der Waals surface area (Å²) >= 11 is 1.52. The van der Waals surface area contributed by atoms with Crippen LogP contribution in [0.25, 0.3) is 31.8 Å². The first-order valence-corrected chi connectivity index (χ1v) is 10.4. The molecule has 1 radical (unpaired) electrons. The number of aromatic hydroxyl groups is 1. The first-order valence-electron chi connectivity index (χ1n) is 9.62. The molecule has 5 heteroatoms. The van der Waals surface area contributed by atoms with Gasteiger partial charge in [0, 0.05) is 44.1 Å². The zero-order valence-electron chi connectivity index (χ0n) is 18.3. The van der Waals surface area contributed by atoms with Gasteiger partial charge in [0.2, 0.25) is 0 Å². The number of aryl methyl sites for hydroxylation is 2. The topological polar surface area (TPSA) is 42.2 Å². The second-order valence-corrected chi connectivity index (χ2v) is 7.33. The van der Waals surface area contributed by atoms with Crippen LogP contribution in [0.3, 0.4) is 0 Å². The van der Waals surface area contributed by atoms with Gasteiger partial charge < -0.3 is 17.1 Å². The van der Waals surface area contributed by atoms with Crippen molar-refractivity contribution in [1.29, 1.82) is 0 Å². The number of pyridine rings is 1. The molecule has 0 aliphatic heterocycles. The predicted molar refractivity (Wildman–Crippen MR) is 127 cm³/mol. The molecule has 0 saturated carbocycles. The number of rotatable bonds is 3. The van der Waals surface area contributed by atoms with Gasteiger partial charge in [-0.25, -0.2) is 0 Å². The number of hydrogen-bond donors (Lipinski definition) is 1. The summed E-state index contributed by atoms with van der Waals surface area (Å²) in [5, 5.41) is 11.0. The first-order chi connectivity index (χ1) is 13.6. The second-order valence-electron chi connectivity index (χ2n) is 6.28. The number of fused-ring (bicyclic) bond motifs is 1. The van der Waals surface area contributed by atoms with Crippen molar-refractivity contribution in [1.82, 2.24) is 4.57 Å². The van der Waals surface area contributed by atoms with Crippen LogP contribution in [0.2, 0.25) is 0 Å². The van der Waals surface area contributed by atoms with Gasteiger partial charge in [0.25, 0.3) is 5.56 Å². The van der Waals surface area contributed by atoms with Crippen molar-refractivity contribution in [3.8, 4) is 27.3 Å². The number of thiophene rings is 1. The Labute approximate surface area is 208 Å². The molecule has 0 aliphatic carbocycles. The molecule has 2 heterocycles. The minimum atomic E-state index is -0.149. The van der Waals surface area contributed by atoms with Gasteiger partial charge in [-0.3, -0.25) is 4.79 Å². The number of benzene rings is 2. The molecule has 1 N–H and O–H groups in total. The van der Waals surface area contributed by atoms with Gasteiger partial charge in [-0.05, 0) is 36.6 Å². The fraction of sp³-hybridized carbons (Fsp3) is 0.200. The fourth-order valence-electron chi connectivity index (χ4n) is 3.37. The van der Waals surface area contributed by atoms with Crippen LogP contribution in [0.4, 0.5) is 0 Å². The van der Waals surface area contributed by atoms with Crippen molar-refractivity contribution in [3.63, 3.8) is 0 Å². The van der Waals surface area contributed by atoms with Crippen LogP contribution in [0.15, 0.2) is 65.5 Å². The van der Waals surface area contributed by atoms with E-state index in [-0.39, 0.29) is 51.4 Å². The van der Waals surface area contributed by atoms with Gasteiger partial charge in [0.05, 0.1) is 15.8 Å². The van der Waals surface area contributed by atoms with E-state index >= 15 is 0 Å². The van der Waals surface area contributed by atoms with Crippen LogP contribution in [-0.4, -0.2) is 9.67 Å². The van der Waals surface area contributed by atoms with Crippen LogP contribution in [-0.2, 0) is 39.3 Å². The number of nitrogens with zero attached hydrogens (tertiary/aromatic N) is 1. The average Bonchev–Trinajstić information content (AvgIpc) is 3.17. The van der Waals surface area contributed by atoms with Crippen molar-refractivity contribution in [2.75, 3.05) is 0 Å². The Bertz CT molecular complexity index is 1160. The van der Waals surface area contributed by atoms with Crippen molar-refractivity contribution in [2.24, 2.45) is 0 Å². The molecular formula is C25H28NO2SY-. The third kappa shape index (κ3) is 4.77. The first kappa shape index (κ1) is 26.3. The Balaban J connectivity index is 0.00000109. The molecule has 4 aromatic rings. The van der Waals surface area contributed by atoms with E-state index in [1.54, 1.807) is 4.57 Å². The Morgan fingerprint density at radius 2 is 1.60 bits per heavy atom. The van der Waals surface area contributed by atoms with E-state index < -0.39 is 0 Å². The minimum absolute atomic E-state index is 0. The summed E-state index contributed by atoms with van der Waals surface area (Å²) in [7, 11) is 0. The Hall–Kier alpha value is -1.75. The van der Waals surface area contributed by atoms with Crippen LogP contribution in [0, 0.1) is 14.4 Å². The molecule has 0 unspecified atom stereocenters. The molecule has 0 amide bonds. The van der Waals surface area contributed by atoms with E-state index in [4.69, 9.17) is 0 Å². The van der Waals surface area contributed by atoms with Crippen LogP contribution < -0.4 is 5.56 Å². The molecule has 155 valence electrons. The second kappa shape index (κ2) is 11.6. The Morgan fingerprint density at radius 1 is 1.00 bits per heavy atom. The SMILES string of the molecule is CC.CCn1c(=O)c(-c2ccccc2C)c(O)c2sc(-c3ccccc3)cc21.[CH3-].[Y]. The molecule has 2 aromatic heterocycles. The van der Waals surface area contributed by atoms with Gasteiger partial charge in [0.15, 0.2) is 0 Å². The van der Waals surface area contributed by atoms with Crippen LogP contribution >= 0.6 is 11.3 Å². The summed E-state index contributed by atoms with van der Waals surface area (Å²) in [6.45, 7) is 8.47. The number of aromatic nitrogens is 1. The van der Waals surface area contributed by atoms with Crippen LogP contribution in [0.5, 0.6) is 5.75 Å². The quantitative estimate of drug-likeness (QED) is 0.314. The maximum absolute atomic E-state index is 13.1. The normalized spacial score (nSPS) is 9.87. The van der Waals surface area contributed by atoms with Gasteiger partial charge in [0.1, 0.15) is 5.75 Å². The monoisotopic (exact) mass is 495 g/mol. The third-order valence-corrected chi connectivity index (χ3v) is 5.88. The van der Waals surface area contributed by atoms with E-state index in [1.807, 2.05) is 88.4 Å². The number of hydrogen-bond acceptors (Lipinski definition) is 3. The maximum Gasteiger partial charge on any atom is 0.262 e. The van der Waals surface area contributed by atoms with E-state index in [0.717, 1.165) is 31.8 Å². The molecule has 3 nitrogen and oxygen atoms in total. The molecular weight excluding hydrogens is 467 g/mol. The fourth-order valence-corrected chi connectivity index (χ4v) is 4.48. The maximum atomic E-state index is 13.1. The van der Waals surface area contributed by atoms with Crippen LogP contribution in [0.1, 0.15) is 26.3 Å². The van der Waals surface area contributed by atoms with Crippen molar-refractivity contribution in [3.05, 3.63) is 84.0 Å². The summed E-state index contributed by atoms with van der Waals surface area (Å²) in [5.74, 6) is 0.0798. The molecule has 0 atom stereocenters. The summed E-state index contributed by atoms with van der Waals surface area (Å²) in [5.41, 5.74) is 3.87. The molecule has 0 saturated heterocycles. The summed E-state index contributed by atoms with van der Waals surface area (Å²) < 4.78 is 2.50. The Kier molecular flexibility index (Phi) is 10.2. The zero-order chi connectivity index (χ0) is 20.3. The van der Waals surface area contributed by atoms with Gasteiger partial charge >= 0.3 is 0 Å². The molecule has 0 spiro atoms. The largest absolute Gasteiger partial charge is 0.506 e. The minimum Gasteiger partial charge on any atom is -0.506 e. The average molecular weight is 495 g/mol. The van der Waals surface area contributed by atoms with Gasteiger partial charge in [-0.15, -0.1) is 11.3 Å². The molecule has 30 heavy (non-hydrogen) atoms. The van der Waals surface area contributed by atoms with Crippen molar-refractivity contribution < 1.29 is 37.8 Å². The summed E-state index contributed by atoms with van der Waals surface area (Å²) in [4.78, 5) is 14.2. The summed E-state index contributed by atoms with van der Waals surface area (Å²) in [6, 6.07) is 19.7. The molecule has 0 aliphatic rings. The van der Waals surface area contributed by atoms with E-state index in [1.165, 1.54) is 11.3 Å². The Morgan fingerprint density at radius 3 is 2.20 bits per heavy atom. The van der Waals surface area contributed by atoms with Crippen molar-refractivity contribution in [2.45, 2.75) is 34.2 Å². The van der Waals surface area contributed by atoms with Gasteiger partial charge in [-0.1, -0.05) is 68.4 Å².